The van der Waals surface area contributed by atoms with Gasteiger partial charge in [0.25, 0.3) is 0 Å². The maximum absolute atomic E-state index is 13.2. The number of halogens is 1. The minimum Gasteiger partial charge on any atom is -0.481 e. The second kappa shape index (κ2) is 7.53. The van der Waals surface area contributed by atoms with E-state index in [4.69, 9.17) is 20.8 Å². The molecule has 140 valence electrons. The third kappa shape index (κ3) is 3.41. The van der Waals surface area contributed by atoms with Gasteiger partial charge in [-0.2, -0.15) is 0 Å². The van der Waals surface area contributed by atoms with Crippen LogP contribution in [-0.2, 0) is 6.61 Å². The van der Waals surface area contributed by atoms with Crippen LogP contribution in [0, 0.1) is 13.8 Å². The fourth-order valence-electron chi connectivity index (χ4n) is 3.13. The third-order valence-electron chi connectivity index (χ3n) is 4.80. The van der Waals surface area contributed by atoms with E-state index < -0.39 is 0 Å². The maximum Gasteiger partial charge on any atom is 0.235 e. The lowest BCUT2D eigenvalue weighted by Gasteiger charge is -2.13. The summed E-state index contributed by atoms with van der Waals surface area (Å²) in [6.45, 7) is 4.18. The van der Waals surface area contributed by atoms with E-state index in [0.717, 1.165) is 22.3 Å². The lowest BCUT2D eigenvalue weighted by molar-refractivity contribution is 0.297. The molecule has 0 unspecified atom stereocenters. The molecule has 0 bridgehead atoms. The minimum absolute atomic E-state index is 0.196. The Kier molecular flexibility index (Phi) is 4.93. The van der Waals surface area contributed by atoms with Crippen LogP contribution in [0.4, 0.5) is 0 Å². The first-order chi connectivity index (χ1) is 13.5. The summed E-state index contributed by atoms with van der Waals surface area (Å²) in [7, 11) is 0. The first kappa shape index (κ1) is 18.3. The highest BCUT2D eigenvalue weighted by Crippen LogP contribution is 2.33. The zero-order valence-corrected chi connectivity index (χ0v) is 16.4. The highest BCUT2D eigenvalue weighted by Gasteiger charge is 2.19. The summed E-state index contributed by atoms with van der Waals surface area (Å²) in [6.07, 6.45) is 0. The van der Waals surface area contributed by atoms with E-state index in [-0.39, 0.29) is 17.8 Å². The molecule has 0 aliphatic heterocycles. The Morgan fingerprint density at radius 2 is 1.64 bits per heavy atom. The van der Waals surface area contributed by atoms with Crippen molar-refractivity contribution in [2.24, 2.45) is 0 Å². The summed E-state index contributed by atoms with van der Waals surface area (Å²) in [6, 6.07) is 20.9. The monoisotopic (exact) mass is 390 g/mol. The molecule has 1 heterocycles. The van der Waals surface area contributed by atoms with Gasteiger partial charge in [-0.05, 0) is 42.7 Å². The van der Waals surface area contributed by atoms with Gasteiger partial charge in [0.2, 0.25) is 11.2 Å². The molecule has 4 aromatic rings. The van der Waals surface area contributed by atoms with E-state index in [1.165, 1.54) is 0 Å². The van der Waals surface area contributed by atoms with E-state index in [1.54, 1.807) is 12.1 Å². The summed E-state index contributed by atoms with van der Waals surface area (Å²) >= 11 is 6.24. The van der Waals surface area contributed by atoms with Crippen LogP contribution in [0.2, 0.25) is 5.02 Å². The molecule has 4 heteroatoms. The molecule has 0 aliphatic rings. The summed E-state index contributed by atoms with van der Waals surface area (Å²) in [5.74, 6) is 0.621. The zero-order chi connectivity index (χ0) is 19.7. The quantitative estimate of drug-likeness (QED) is 0.410. The average molecular weight is 391 g/mol. The molecule has 0 radical (unpaired) electrons. The van der Waals surface area contributed by atoms with Gasteiger partial charge in [-0.3, -0.25) is 4.79 Å². The zero-order valence-electron chi connectivity index (χ0n) is 15.7. The van der Waals surface area contributed by atoms with Crippen molar-refractivity contribution in [1.29, 1.82) is 0 Å². The Balaban J connectivity index is 1.89. The van der Waals surface area contributed by atoms with Gasteiger partial charge in [0.15, 0.2) is 5.76 Å². The molecule has 4 rings (SSSR count). The fourth-order valence-corrected chi connectivity index (χ4v) is 3.29. The van der Waals surface area contributed by atoms with Crippen LogP contribution in [0.15, 0.2) is 75.9 Å². The number of rotatable bonds is 4. The predicted octanol–water partition coefficient (Wildman–Crippen LogP) is 6.31. The van der Waals surface area contributed by atoms with E-state index in [1.807, 2.05) is 68.4 Å². The van der Waals surface area contributed by atoms with Crippen LogP contribution < -0.4 is 10.2 Å². The van der Waals surface area contributed by atoms with Crippen LogP contribution in [0.3, 0.4) is 0 Å². The Labute approximate surface area is 168 Å². The minimum atomic E-state index is -0.226. The maximum atomic E-state index is 13.2. The molecule has 0 atom stereocenters. The van der Waals surface area contributed by atoms with Crippen LogP contribution >= 0.6 is 11.6 Å². The van der Waals surface area contributed by atoms with Crippen molar-refractivity contribution < 1.29 is 9.15 Å². The molecule has 0 fully saturated rings. The second-order valence-electron chi connectivity index (χ2n) is 6.77. The lowest BCUT2D eigenvalue weighted by atomic mass is 10.1. The molecule has 0 aliphatic carbocycles. The van der Waals surface area contributed by atoms with Gasteiger partial charge in [0.05, 0.1) is 5.39 Å². The van der Waals surface area contributed by atoms with Crippen molar-refractivity contribution in [2.45, 2.75) is 20.5 Å². The van der Waals surface area contributed by atoms with Crippen LogP contribution in [-0.4, -0.2) is 0 Å². The molecule has 0 spiro atoms. The van der Waals surface area contributed by atoms with E-state index in [9.17, 15) is 4.79 Å². The van der Waals surface area contributed by atoms with E-state index >= 15 is 0 Å². The Morgan fingerprint density at radius 1 is 0.929 bits per heavy atom. The van der Waals surface area contributed by atoms with Crippen molar-refractivity contribution in [3.63, 3.8) is 0 Å². The van der Waals surface area contributed by atoms with Gasteiger partial charge in [-0.1, -0.05) is 66.2 Å². The van der Waals surface area contributed by atoms with Crippen molar-refractivity contribution >= 4 is 22.6 Å². The summed E-state index contributed by atoms with van der Waals surface area (Å²) in [5.41, 5.74) is 4.03. The number of ether oxygens (including phenoxy) is 1. The summed E-state index contributed by atoms with van der Waals surface area (Å²) in [4.78, 5) is 13.2. The molecule has 3 nitrogen and oxygen atoms in total. The highest BCUT2D eigenvalue weighted by atomic mass is 35.5. The van der Waals surface area contributed by atoms with Crippen molar-refractivity contribution in [2.75, 3.05) is 0 Å². The first-order valence-corrected chi connectivity index (χ1v) is 9.42. The third-order valence-corrected chi connectivity index (χ3v) is 5.21. The molecule has 0 N–H and O–H groups in total. The van der Waals surface area contributed by atoms with Gasteiger partial charge in [-0.15, -0.1) is 0 Å². The Morgan fingerprint density at radius 3 is 2.39 bits per heavy atom. The predicted molar refractivity (Wildman–Crippen MR) is 113 cm³/mol. The normalized spacial score (nSPS) is 11.0. The highest BCUT2D eigenvalue weighted by molar-refractivity contribution is 6.32. The standard InChI is InChI=1S/C24H19ClO3/c1-15-8-6-7-11-18(15)14-27-24-22(26)19-13-20(25)16(2)12-21(19)28-23(24)17-9-4-3-5-10-17/h3-13H,14H2,1-2H3. The first-order valence-electron chi connectivity index (χ1n) is 9.04. The number of aryl methyl sites for hydroxylation is 2. The molecule has 3 aromatic carbocycles. The molecular formula is C24H19ClO3. The average Bonchev–Trinajstić information content (AvgIpc) is 2.70. The van der Waals surface area contributed by atoms with E-state index in [2.05, 4.69) is 0 Å². The molecule has 28 heavy (non-hydrogen) atoms. The van der Waals surface area contributed by atoms with Crippen molar-refractivity contribution in [3.05, 3.63) is 98.7 Å². The SMILES string of the molecule is Cc1cc2oc(-c3ccccc3)c(OCc3ccccc3C)c(=O)c2cc1Cl. The molecule has 1 aromatic heterocycles. The topological polar surface area (TPSA) is 39.4 Å². The van der Waals surface area contributed by atoms with Gasteiger partial charge in [-0.25, -0.2) is 0 Å². The molecule has 0 saturated heterocycles. The number of fused-ring (bicyclic) bond motifs is 1. The number of benzene rings is 3. The summed E-state index contributed by atoms with van der Waals surface area (Å²) < 4.78 is 12.1. The van der Waals surface area contributed by atoms with Crippen LogP contribution in [0.25, 0.3) is 22.3 Å². The second-order valence-corrected chi connectivity index (χ2v) is 7.18. The fraction of sp³-hybridized carbons (Fsp3) is 0.125. The smallest absolute Gasteiger partial charge is 0.235 e. The number of hydrogen-bond acceptors (Lipinski definition) is 3. The van der Waals surface area contributed by atoms with Crippen LogP contribution in [0.1, 0.15) is 16.7 Å². The Bertz CT molecular complexity index is 1210. The molecule has 0 amide bonds. The Hall–Kier alpha value is -3.04. The molecular weight excluding hydrogens is 372 g/mol. The van der Waals surface area contributed by atoms with Gasteiger partial charge in [0, 0.05) is 10.6 Å². The van der Waals surface area contributed by atoms with Crippen LogP contribution in [0.5, 0.6) is 5.75 Å². The van der Waals surface area contributed by atoms with Gasteiger partial charge < -0.3 is 9.15 Å². The van der Waals surface area contributed by atoms with Crippen molar-refractivity contribution in [3.8, 4) is 17.1 Å². The summed E-state index contributed by atoms with van der Waals surface area (Å²) in [5, 5.41) is 0.937. The lowest BCUT2D eigenvalue weighted by Crippen LogP contribution is -2.11. The van der Waals surface area contributed by atoms with Gasteiger partial charge >= 0.3 is 0 Å². The van der Waals surface area contributed by atoms with Crippen molar-refractivity contribution in [1.82, 2.24) is 0 Å². The largest absolute Gasteiger partial charge is 0.481 e. The van der Waals surface area contributed by atoms with E-state index in [0.29, 0.717) is 21.8 Å². The van der Waals surface area contributed by atoms with Gasteiger partial charge in [0.1, 0.15) is 12.2 Å². The molecule has 0 saturated carbocycles. The number of hydrogen-bond donors (Lipinski definition) is 0.